The van der Waals surface area contributed by atoms with Crippen LogP contribution in [0.3, 0.4) is 0 Å². The van der Waals surface area contributed by atoms with E-state index in [1.807, 2.05) is 13.8 Å². The molecule has 1 atom stereocenters. The van der Waals surface area contributed by atoms with Crippen LogP contribution in [-0.4, -0.2) is 38.5 Å². The van der Waals surface area contributed by atoms with Crippen LogP contribution in [0.25, 0.3) is 0 Å². The molecule has 1 unspecified atom stereocenters. The third kappa shape index (κ3) is 7.17. The molecule has 0 fully saturated rings. The Labute approximate surface area is 85.0 Å². The maximum absolute atomic E-state index is 10.7. The summed E-state index contributed by atoms with van der Waals surface area (Å²) in [7, 11) is -3.76. The van der Waals surface area contributed by atoms with Crippen molar-refractivity contribution in [2.24, 2.45) is 5.92 Å². The average molecular weight is 221 g/mol. The van der Waals surface area contributed by atoms with E-state index in [1.165, 1.54) is 0 Å². The van der Waals surface area contributed by atoms with Crippen molar-refractivity contribution in [2.75, 3.05) is 12.3 Å². The molecule has 0 aliphatic carbocycles. The summed E-state index contributed by atoms with van der Waals surface area (Å²) < 4.78 is 31.5. The molecule has 0 aliphatic rings. The van der Waals surface area contributed by atoms with Crippen LogP contribution in [0.4, 0.5) is 0 Å². The van der Waals surface area contributed by atoms with E-state index in [0.717, 1.165) is 6.42 Å². The van der Waals surface area contributed by atoms with Gasteiger partial charge in [-0.25, -0.2) is 0 Å². The van der Waals surface area contributed by atoms with Gasteiger partial charge in [-0.05, 0) is 0 Å². The van der Waals surface area contributed by atoms with Crippen LogP contribution in [0.5, 0.6) is 0 Å². The normalized spacial score (nSPS) is 14.0. The molecule has 0 aromatic carbocycles. The second-order valence-electron chi connectivity index (χ2n) is 3.58. The molecule has 0 saturated heterocycles. The van der Waals surface area contributed by atoms with Gasteiger partial charge in [-0.1, -0.05) is 0 Å². The minimum atomic E-state index is -3.76. The fourth-order valence-corrected chi connectivity index (χ4v) is 1.49. The van der Waals surface area contributed by atoms with Gasteiger partial charge in [0.05, 0.1) is 0 Å². The molecule has 0 radical (unpaired) electrons. The van der Waals surface area contributed by atoms with E-state index < -0.39 is 21.7 Å². The average Bonchev–Trinajstić information content (AvgIpc) is 2.02. The van der Waals surface area contributed by atoms with Crippen molar-refractivity contribution < 1.29 is 18.2 Å². The zero-order valence-electron chi connectivity index (χ0n) is 8.43. The number of hydrogen-bond acceptors (Lipinski definition) is 5. The third-order valence-electron chi connectivity index (χ3n) is 1.64. The third-order valence-corrected chi connectivity index (χ3v) is 2.71. The van der Waals surface area contributed by atoms with Crippen molar-refractivity contribution in [3.05, 3.63) is 0 Å². The summed E-state index contributed by atoms with van der Waals surface area (Å²) in [6.07, 6.45) is -0.456. The van der Waals surface area contributed by atoms with E-state index in [9.17, 15) is 18.2 Å². The SMILES string of the molecule is CC(C)CCNC(O)CS(=O)(=O)B=O. The second kappa shape index (κ2) is 6.26. The van der Waals surface area contributed by atoms with Crippen molar-refractivity contribution in [2.45, 2.75) is 26.5 Å². The standard InChI is InChI=1S/C7H16BNO4S/c1-6(2)3-4-9-7(10)5-14(12,13)8-11/h6-7,9-10H,3-5H2,1-2H3. The van der Waals surface area contributed by atoms with E-state index in [1.54, 1.807) is 0 Å². The summed E-state index contributed by atoms with van der Waals surface area (Å²) >= 11 is 0. The van der Waals surface area contributed by atoms with Crippen LogP contribution in [-0.2, 0) is 14.4 Å². The van der Waals surface area contributed by atoms with Crippen molar-refractivity contribution >= 4 is 16.1 Å². The Morgan fingerprint density at radius 1 is 1.43 bits per heavy atom. The van der Waals surface area contributed by atoms with Gasteiger partial charge in [-0.2, -0.15) is 0 Å². The molecule has 5 nitrogen and oxygen atoms in total. The maximum atomic E-state index is 10.7. The molecule has 0 rings (SSSR count). The van der Waals surface area contributed by atoms with E-state index in [2.05, 4.69) is 5.32 Å². The summed E-state index contributed by atoms with van der Waals surface area (Å²) in [5.41, 5.74) is 0. The zero-order valence-corrected chi connectivity index (χ0v) is 9.25. The van der Waals surface area contributed by atoms with Gasteiger partial charge in [-0.3, -0.25) is 0 Å². The molecule has 0 spiro atoms. The van der Waals surface area contributed by atoms with Gasteiger partial charge < -0.3 is 0 Å². The van der Waals surface area contributed by atoms with Crippen molar-refractivity contribution in [1.82, 2.24) is 5.32 Å². The topological polar surface area (TPSA) is 83.5 Å². The van der Waals surface area contributed by atoms with E-state index in [4.69, 9.17) is 0 Å². The first-order valence-electron chi connectivity index (χ1n) is 4.47. The molecule has 0 aromatic rings. The molecular formula is C7H16BNO4S. The van der Waals surface area contributed by atoms with E-state index in [-0.39, 0.29) is 6.43 Å². The summed E-state index contributed by atoms with van der Waals surface area (Å²) in [6, 6.07) is 0. The van der Waals surface area contributed by atoms with Crippen LogP contribution in [0.1, 0.15) is 20.3 Å². The predicted octanol–water partition coefficient (Wildman–Crippen LogP) is -0.680. The molecule has 0 bridgehead atoms. The second-order valence-corrected chi connectivity index (χ2v) is 5.43. The molecule has 2 N–H and O–H groups in total. The zero-order chi connectivity index (χ0) is 11.2. The fraction of sp³-hybridized carbons (Fsp3) is 1.00. The Balaban J connectivity index is 3.76. The number of aliphatic hydroxyl groups excluding tert-OH is 1. The molecular weight excluding hydrogens is 205 g/mol. The first-order valence-corrected chi connectivity index (χ1v) is 6.18. The summed E-state index contributed by atoms with van der Waals surface area (Å²) in [5, 5.41) is 11.8. The molecule has 0 aromatic heterocycles. The predicted molar refractivity (Wildman–Crippen MR) is 53.7 cm³/mol. The molecule has 7 heteroatoms. The van der Waals surface area contributed by atoms with Crippen molar-refractivity contribution in [1.29, 1.82) is 0 Å². The number of aliphatic hydroxyl groups is 1. The quantitative estimate of drug-likeness (QED) is 0.439. The first-order chi connectivity index (χ1) is 6.37. The molecule has 14 heavy (non-hydrogen) atoms. The molecule has 0 amide bonds. The molecule has 0 saturated carbocycles. The van der Waals surface area contributed by atoms with Crippen molar-refractivity contribution in [3.8, 4) is 0 Å². The van der Waals surface area contributed by atoms with Crippen LogP contribution in [0.15, 0.2) is 0 Å². The number of nitrogens with one attached hydrogen (secondary N) is 1. The summed E-state index contributed by atoms with van der Waals surface area (Å²) in [4.78, 5) is 0. The number of rotatable bonds is 7. The van der Waals surface area contributed by atoms with Crippen LogP contribution >= 0.6 is 0 Å². The molecule has 0 heterocycles. The summed E-state index contributed by atoms with van der Waals surface area (Å²) in [5.74, 6) is -0.0772. The fourth-order valence-electron chi connectivity index (χ4n) is 0.857. The van der Waals surface area contributed by atoms with E-state index in [0.29, 0.717) is 12.5 Å². The van der Waals surface area contributed by atoms with Gasteiger partial charge in [0.15, 0.2) is 0 Å². The molecule has 82 valence electrons. The van der Waals surface area contributed by atoms with E-state index >= 15 is 0 Å². The Morgan fingerprint density at radius 3 is 2.43 bits per heavy atom. The van der Waals surface area contributed by atoms with Gasteiger partial charge in [0.2, 0.25) is 0 Å². The van der Waals surface area contributed by atoms with Crippen LogP contribution < -0.4 is 5.32 Å². The van der Waals surface area contributed by atoms with Gasteiger partial charge >= 0.3 is 84.4 Å². The monoisotopic (exact) mass is 221 g/mol. The Hall–Kier alpha value is -0.265. The van der Waals surface area contributed by atoms with Crippen LogP contribution in [0, 0.1) is 5.92 Å². The van der Waals surface area contributed by atoms with Gasteiger partial charge in [-0.15, -0.1) is 0 Å². The van der Waals surface area contributed by atoms with Gasteiger partial charge in [0, 0.05) is 0 Å². The van der Waals surface area contributed by atoms with Crippen LogP contribution in [0.2, 0.25) is 0 Å². The van der Waals surface area contributed by atoms with Gasteiger partial charge in [0.1, 0.15) is 0 Å². The Bertz CT molecular complexity index is 265. The Kier molecular flexibility index (Phi) is 6.14. The van der Waals surface area contributed by atoms with Crippen molar-refractivity contribution in [3.63, 3.8) is 0 Å². The summed E-state index contributed by atoms with van der Waals surface area (Å²) in [6.45, 7) is 4.58. The first kappa shape index (κ1) is 13.7. The number of hydrogen-bond donors (Lipinski definition) is 2. The minimum absolute atomic E-state index is 0.139. The Morgan fingerprint density at radius 2 is 2.00 bits per heavy atom. The molecule has 0 aliphatic heterocycles. The van der Waals surface area contributed by atoms with Gasteiger partial charge in [0.25, 0.3) is 0 Å².